The Balaban J connectivity index is 1.39. The van der Waals surface area contributed by atoms with Crippen LogP contribution in [0.1, 0.15) is 35.3 Å². The highest BCUT2D eigenvalue weighted by atomic mass is 16.5. The summed E-state index contributed by atoms with van der Waals surface area (Å²) >= 11 is 0. The second kappa shape index (κ2) is 6.97. The zero-order valence-corrected chi connectivity index (χ0v) is 14.1. The predicted octanol–water partition coefficient (Wildman–Crippen LogP) is 3.54. The molecule has 0 unspecified atom stereocenters. The molecule has 1 saturated heterocycles. The fourth-order valence-electron chi connectivity index (χ4n) is 3.19. The van der Waals surface area contributed by atoms with Crippen LogP contribution in [0.4, 0.5) is 0 Å². The molecule has 0 atom stereocenters. The number of piperidine rings is 1. The van der Waals surface area contributed by atoms with Gasteiger partial charge in [0.05, 0.1) is 5.69 Å². The summed E-state index contributed by atoms with van der Waals surface area (Å²) < 4.78 is 7.77. The summed E-state index contributed by atoms with van der Waals surface area (Å²) in [5, 5.41) is 0. The van der Waals surface area contributed by atoms with Gasteiger partial charge in [-0.15, -0.1) is 0 Å². The Morgan fingerprint density at radius 2 is 1.84 bits per heavy atom. The highest BCUT2D eigenvalue weighted by Gasteiger charge is 2.17. The van der Waals surface area contributed by atoms with Crippen LogP contribution in [-0.4, -0.2) is 33.3 Å². The predicted molar refractivity (Wildman–Crippen MR) is 95.7 cm³/mol. The first-order chi connectivity index (χ1) is 12.3. The molecule has 1 fully saturated rings. The topological polar surface area (TPSA) is 46.8 Å². The summed E-state index contributed by atoms with van der Waals surface area (Å²) in [4.78, 5) is 18.9. The largest absolute Gasteiger partial charge is 0.487 e. The van der Waals surface area contributed by atoms with E-state index < -0.39 is 0 Å². The minimum absolute atomic E-state index is 0.117. The van der Waals surface area contributed by atoms with Crippen molar-refractivity contribution in [3.8, 4) is 5.75 Å². The molecule has 1 aliphatic rings. The third kappa shape index (κ3) is 3.50. The number of pyridine rings is 1. The van der Waals surface area contributed by atoms with E-state index in [1.807, 2.05) is 64.2 Å². The average Bonchev–Trinajstić information content (AvgIpc) is 3.10. The lowest BCUT2D eigenvalue weighted by molar-refractivity contribution is 0.0724. The van der Waals surface area contributed by atoms with E-state index >= 15 is 0 Å². The number of carbonyl (C=O) groups excluding carboxylic acids is 1. The minimum atomic E-state index is 0.117. The van der Waals surface area contributed by atoms with Crippen molar-refractivity contribution in [2.24, 2.45) is 0 Å². The Morgan fingerprint density at radius 3 is 2.60 bits per heavy atom. The first-order valence-corrected chi connectivity index (χ1v) is 8.74. The summed E-state index contributed by atoms with van der Waals surface area (Å²) in [6.45, 7) is 2.14. The molecule has 0 bridgehead atoms. The van der Waals surface area contributed by atoms with Crippen LogP contribution in [0.15, 0.2) is 54.9 Å². The normalized spacial score (nSPS) is 14.6. The first kappa shape index (κ1) is 15.7. The number of likely N-dealkylation sites (tertiary alicyclic amines) is 1. The minimum Gasteiger partial charge on any atom is -0.487 e. The van der Waals surface area contributed by atoms with Crippen molar-refractivity contribution in [3.63, 3.8) is 0 Å². The van der Waals surface area contributed by atoms with Crippen LogP contribution in [-0.2, 0) is 6.61 Å². The van der Waals surface area contributed by atoms with Crippen LogP contribution in [0.3, 0.4) is 0 Å². The Labute approximate surface area is 146 Å². The molecule has 1 aliphatic heterocycles. The lowest BCUT2D eigenvalue weighted by Crippen LogP contribution is -2.35. The van der Waals surface area contributed by atoms with Gasteiger partial charge in [0.1, 0.15) is 18.0 Å². The van der Waals surface area contributed by atoms with Gasteiger partial charge in [-0.3, -0.25) is 4.79 Å². The maximum atomic E-state index is 12.5. The Bertz CT molecular complexity index is 831. The lowest BCUT2D eigenvalue weighted by atomic mass is 10.1. The highest BCUT2D eigenvalue weighted by Crippen LogP contribution is 2.17. The monoisotopic (exact) mass is 335 g/mol. The van der Waals surface area contributed by atoms with Gasteiger partial charge in [0.2, 0.25) is 0 Å². The van der Waals surface area contributed by atoms with Gasteiger partial charge in [0, 0.05) is 31.0 Å². The quantitative estimate of drug-likeness (QED) is 0.733. The van der Waals surface area contributed by atoms with Gasteiger partial charge in [-0.1, -0.05) is 6.07 Å². The number of carbonyl (C=O) groups is 1. The van der Waals surface area contributed by atoms with E-state index in [4.69, 9.17) is 4.74 Å². The van der Waals surface area contributed by atoms with Crippen LogP contribution in [0.2, 0.25) is 0 Å². The number of aromatic nitrogens is 2. The maximum Gasteiger partial charge on any atom is 0.253 e. The number of hydrogen-bond donors (Lipinski definition) is 0. The number of nitrogens with zero attached hydrogens (tertiary/aromatic N) is 3. The van der Waals surface area contributed by atoms with Crippen molar-refractivity contribution in [1.82, 2.24) is 14.3 Å². The van der Waals surface area contributed by atoms with Crippen molar-refractivity contribution in [1.29, 1.82) is 0 Å². The van der Waals surface area contributed by atoms with Gasteiger partial charge in [0.25, 0.3) is 5.91 Å². The summed E-state index contributed by atoms with van der Waals surface area (Å²) in [7, 11) is 0. The van der Waals surface area contributed by atoms with E-state index in [2.05, 4.69) is 4.98 Å². The molecular weight excluding hydrogens is 314 g/mol. The fourth-order valence-corrected chi connectivity index (χ4v) is 3.19. The molecule has 3 aromatic rings. The first-order valence-electron chi connectivity index (χ1n) is 8.74. The van der Waals surface area contributed by atoms with Crippen LogP contribution >= 0.6 is 0 Å². The molecule has 1 aromatic carbocycles. The highest BCUT2D eigenvalue weighted by molar-refractivity contribution is 5.94. The van der Waals surface area contributed by atoms with E-state index in [-0.39, 0.29) is 5.91 Å². The molecule has 1 amide bonds. The van der Waals surface area contributed by atoms with Gasteiger partial charge >= 0.3 is 0 Å². The maximum absolute atomic E-state index is 12.5. The molecule has 0 spiro atoms. The molecule has 3 heterocycles. The summed E-state index contributed by atoms with van der Waals surface area (Å²) in [5.74, 6) is 0.860. The van der Waals surface area contributed by atoms with Gasteiger partial charge < -0.3 is 14.0 Å². The number of ether oxygens (including phenoxy) is 1. The molecule has 0 radical (unpaired) electrons. The third-order valence-corrected chi connectivity index (χ3v) is 4.55. The molecule has 4 rings (SSSR count). The summed E-state index contributed by atoms with van der Waals surface area (Å²) in [6, 6.07) is 13.3. The van der Waals surface area contributed by atoms with Crippen molar-refractivity contribution in [2.45, 2.75) is 25.9 Å². The average molecular weight is 335 g/mol. The zero-order valence-electron chi connectivity index (χ0n) is 14.1. The Morgan fingerprint density at radius 1 is 1.04 bits per heavy atom. The van der Waals surface area contributed by atoms with Gasteiger partial charge in [-0.25, -0.2) is 4.98 Å². The lowest BCUT2D eigenvalue weighted by Gasteiger charge is -2.26. The molecule has 0 aliphatic carbocycles. The van der Waals surface area contributed by atoms with E-state index in [1.54, 1.807) is 0 Å². The smallest absolute Gasteiger partial charge is 0.253 e. The van der Waals surface area contributed by atoms with Crippen molar-refractivity contribution >= 4 is 11.6 Å². The molecule has 25 heavy (non-hydrogen) atoms. The second-order valence-electron chi connectivity index (χ2n) is 6.36. The van der Waals surface area contributed by atoms with Gasteiger partial charge in [0.15, 0.2) is 0 Å². The van der Waals surface area contributed by atoms with Crippen molar-refractivity contribution in [2.75, 3.05) is 13.1 Å². The molecule has 5 nitrogen and oxygen atoms in total. The van der Waals surface area contributed by atoms with Crippen LogP contribution < -0.4 is 4.74 Å². The number of amides is 1. The number of hydrogen-bond acceptors (Lipinski definition) is 3. The van der Waals surface area contributed by atoms with Gasteiger partial charge in [-0.2, -0.15) is 0 Å². The van der Waals surface area contributed by atoms with Crippen LogP contribution in [0.5, 0.6) is 5.75 Å². The summed E-state index contributed by atoms with van der Waals surface area (Å²) in [6.07, 6.45) is 7.36. The van der Waals surface area contributed by atoms with E-state index in [9.17, 15) is 4.79 Å². The Hall–Kier alpha value is -2.82. The van der Waals surface area contributed by atoms with E-state index in [0.29, 0.717) is 6.61 Å². The molecule has 128 valence electrons. The van der Waals surface area contributed by atoms with Crippen molar-refractivity contribution in [3.05, 3.63) is 66.1 Å². The van der Waals surface area contributed by atoms with Crippen LogP contribution in [0.25, 0.3) is 5.65 Å². The third-order valence-electron chi connectivity index (χ3n) is 4.55. The number of benzene rings is 1. The Kier molecular flexibility index (Phi) is 4.37. The van der Waals surface area contributed by atoms with E-state index in [1.165, 1.54) is 6.42 Å². The summed E-state index contributed by atoms with van der Waals surface area (Å²) in [5.41, 5.74) is 2.50. The second-order valence-corrected chi connectivity index (χ2v) is 6.36. The molecule has 0 saturated carbocycles. The SMILES string of the molecule is O=C(c1ccc(OCc2cn3ccccc3n2)cc1)N1CCCCC1. The molecule has 2 aromatic heterocycles. The number of fused-ring (bicyclic) bond motifs is 1. The molecule has 0 N–H and O–H groups in total. The van der Waals surface area contributed by atoms with Crippen LogP contribution in [0, 0.1) is 0 Å². The molecule has 5 heteroatoms. The zero-order chi connectivity index (χ0) is 17.1. The molecular formula is C20H21N3O2. The van der Waals surface area contributed by atoms with E-state index in [0.717, 1.165) is 48.6 Å². The fraction of sp³-hybridized carbons (Fsp3) is 0.300. The standard InChI is InChI=1S/C20H21N3O2/c24-20(22-11-3-1-4-12-22)16-7-9-18(10-8-16)25-15-17-14-23-13-5-2-6-19(23)21-17/h2,5-10,13-14H,1,3-4,11-12,15H2. The number of imidazole rings is 1. The van der Waals surface area contributed by atoms with Gasteiger partial charge in [-0.05, 0) is 55.7 Å². The van der Waals surface area contributed by atoms with Crippen molar-refractivity contribution < 1.29 is 9.53 Å². The number of rotatable bonds is 4.